The summed E-state index contributed by atoms with van der Waals surface area (Å²) in [7, 11) is 4.13. The van der Waals surface area contributed by atoms with Crippen molar-refractivity contribution >= 4 is 5.82 Å². The normalized spacial score (nSPS) is 10.6. The Morgan fingerprint density at radius 1 is 1.15 bits per heavy atom. The van der Waals surface area contributed by atoms with Gasteiger partial charge in [0.25, 0.3) is 0 Å². The molecule has 1 aromatic carbocycles. The van der Waals surface area contributed by atoms with Crippen LogP contribution in [0, 0.1) is 13.0 Å². The number of hydrogen-bond donors (Lipinski definition) is 0. The number of pyridine rings is 1. The van der Waals surface area contributed by atoms with Gasteiger partial charge in [-0.05, 0) is 30.0 Å². The van der Waals surface area contributed by atoms with Crippen LogP contribution in [0.5, 0.6) is 0 Å². The van der Waals surface area contributed by atoms with E-state index in [0.717, 1.165) is 30.8 Å². The van der Waals surface area contributed by atoms with Crippen molar-refractivity contribution in [1.29, 1.82) is 0 Å². The summed E-state index contributed by atoms with van der Waals surface area (Å²) < 4.78 is 0. The van der Waals surface area contributed by atoms with Gasteiger partial charge in [-0.1, -0.05) is 43.7 Å². The fourth-order valence-corrected chi connectivity index (χ4v) is 2.48. The van der Waals surface area contributed by atoms with E-state index in [1.165, 1.54) is 16.7 Å². The molecular weight excluding hydrogens is 244 g/mol. The lowest BCUT2D eigenvalue weighted by molar-refractivity contribution is 0.877. The van der Waals surface area contributed by atoms with Crippen LogP contribution in [-0.2, 0) is 12.8 Å². The largest absolute Gasteiger partial charge is 0.362 e. The molecule has 0 atom stereocenters. The summed E-state index contributed by atoms with van der Waals surface area (Å²) in [6, 6.07) is 13.9. The molecule has 0 bridgehead atoms. The summed E-state index contributed by atoms with van der Waals surface area (Å²) in [5, 5.41) is 0. The van der Waals surface area contributed by atoms with Crippen molar-refractivity contribution < 1.29 is 0 Å². The molecule has 1 heterocycles. The van der Waals surface area contributed by atoms with Crippen molar-refractivity contribution in [2.45, 2.75) is 33.1 Å². The standard InChI is InChI=1S/C18H23N2/c1-5-9-17-14(2)12-16(19-18(17)20(3)4)13-15-10-7-6-8-11-15/h6-8,10-11H,5,9,13H2,1-4H3. The third-order valence-corrected chi connectivity index (χ3v) is 3.43. The Labute approximate surface area is 122 Å². The first-order valence-electron chi connectivity index (χ1n) is 7.24. The average molecular weight is 267 g/mol. The monoisotopic (exact) mass is 267 g/mol. The predicted octanol–water partition coefficient (Wildman–Crippen LogP) is 3.80. The smallest absolute Gasteiger partial charge is 0.131 e. The molecule has 0 aliphatic heterocycles. The van der Waals surface area contributed by atoms with Gasteiger partial charge in [0.15, 0.2) is 0 Å². The molecule has 0 aliphatic carbocycles. The Morgan fingerprint density at radius 3 is 2.45 bits per heavy atom. The van der Waals surface area contributed by atoms with Gasteiger partial charge in [0.1, 0.15) is 5.82 Å². The van der Waals surface area contributed by atoms with E-state index in [1.807, 2.05) is 6.07 Å². The summed E-state index contributed by atoms with van der Waals surface area (Å²) in [5.74, 6) is 1.09. The van der Waals surface area contributed by atoms with Gasteiger partial charge >= 0.3 is 0 Å². The minimum Gasteiger partial charge on any atom is -0.362 e. The molecule has 2 rings (SSSR count). The fraction of sp³-hybridized carbons (Fsp3) is 0.389. The Balaban J connectivity index is 2.36. The molecule has 2 heteroatoms. The molecular formula is C18H23N2. The van der Waals surface area contributed by atoms with Crippen LogP contribution in [0.1, 0.15) is 35.7 Å². The molecule has 1 radical (unpaired) electrons. The minimum absolute atomic E-state index is 0.842. The highest BCUT2D eigenvalue weighted by molar-refractivity contribution is 5.50. The molecule has 1 aromatic heterocycles. The van der Waals surface area contributed by atoms with E-state index in [1.54, 1.807) is 0 Å². The zero-order chi connectivity index (χ0) is 14.5. The Bertz CT molecular complexity index is 559. The number of hydrogen-bond acceptors (Lipinski definition) is 2. The lowest BCUT2D eigenvalue weighted by Crippen LogP contribution is -2.15. The van der Waals surface area contributed by atoms with Crippen molar-refractivity contribution in [1.82, 2.24) is 4.98 Å². The summed E-state index contributed by atoms with van der Waals surface area (Å²) in [5.41, 5.74) is 4.87. The molecule has 0 saturated carbocycles. The highest BCUT2D eigenvalue weighted by atomic mass is 15.1. The van der Waals surface area contributed by atoms with Gasteiger partial charge in [-0.3, -0.25) is 0 Å². The van der Waals surface area contributed by atoms with Gasteiger partial charge in [0.2, 0.25) is 0 Å². The van der Waals surface area contributed by atoms with Crippen LogP contribution in [0.4, 0.5) is 5.82 Å². The molecule has 0 unspecified atom stereocenters. The third-order valence-electron chi connectivity index (χ3n) is 3.43. The first-order chi connectivity index (χ1) is 9.61. The zero-order valence-electron chi connectivity index (χ0n) is 12.9. The van der Waals surface area contributed by atoms with Crippen LogP contribution < -0.4 is 4.90 Å². The Kier molecular flexibility index (Phi) is 4.78. The molecule has 0 fully saturated rings. The quantitative estimate of drug-likeness (QED) is 0.819. The molecule has 2 aromatic rings. The summed E-state index contributed by atoms with van der Waals surface area (Å²) in [6.07, 6.45) is 3.04. The first-order valence-corrected chi connectivity index (χ1v) is 7.24. The van der Waals surface area contributed by atoms with Crippen molar-refractivity contribution in [3.8, 4) is 0 Å². The first kappa shape index (κ1) is 14.6. The van der Waals surface area contributed by atoms with Crippen molar-refractivity contribution in [3.05, 3.63) is 58.8 Å². The summed E-state index contributed by atoms with van der Waals surface area (Å²) >= 11 is 0. The average Bonchev–Trinajstić information content (AvgIpc) is 2.42. The Morgan fingerprint density at radius 2 is 1.85 bits per heavy atom. The van der Waals surface area contributed by atoms with E-state index in [4.69, 9.17) is 4.98 Å². The van der Waals surface area contributed by atoms with E-state index in [-0.39, 0.29) is 0 Å². The SMILES string of the molecule is CCCc1c(C)[c]c(Cc2ccccc2)nc1N(C)C. The highest BCUT2D eigenvalue weighted by Gasteiger charge is 2.12. The van der Waals surface area contributed by atoms with E-state index >= 15 is 0 Å². The van der Waals surface area contributed by atoms with Gasteiger partial charge in [-0.2, -0.15) is 0 Å². The molecule has 0 amide bonds. The van der Waals surface area contributed by atoms with Gasteiger partial charge in [0, 0.05) is 26.6 Å². The van der Waals surface area contributed by atoms with Crippen LogP contribution in [0.2, 0.25) is 0 Å². The van der Waals surface area contributed by atoms with Crippen LogP contribution in [0.15, 0.2) is 30.3 Å². The van der Waals surface area contributed by atoms with Crippen molar-refractivity contribution in [2.24, 2.45) is 0 Å². The van der Waals surface area contributed by atoms with E-state index in [0.29, 0.717) is 0 Å². The molecule has 2 nitrogen and oxygen atoms in total. The summed E-state index contributed by atoms with van der Waals surface area (Å²) in [4.78, 5) is 6.93. The number of aryl methyl sites for hydroxylation is 1. The van der Waals surface area contributed by atoms with Gasteiger partial charge in [0.05, 0.1) is 5.69 Å². The van der Waals surface area contributed by atoms with Gasteiger partial charge < -0.3 is 4.90 Å². The van der Waals surface area contributed by atoms with E-state index < -0.39 is 0 Å². The Hall–Kier alpha value is -1.83. The van der Waals surface area contributed by atoms with Gasteiger partial charge in [-0.15, -0.1) is 0 Å². The van der Waals surface area contributed by atoms with E-state index in [9.17, 15) is 0 Å². The molecule has 20 heavy (non-hydrogen) atoms. The topological polar surface area (TPSA) is 16.1 Å². The van der Waals surface area contributed by atoms with Crippen LogP contribution in [-0.4, -0.2) is 19.1 Å². The highest BCUT2D eigenvalue weighted by Crippen LogP contribution is 2.23. The zero-order valence-corrected chi connectivity index (χ0v) is 12.9. The third kappa shape index (κ3) is 3.38. The number of rotatable bonds is 5. The maximum atomic E-state index is 4.82. The van der Waals surface area contributed by atoms with Crippen LogP contribution in [0.3, 0.4) is 0 Å². The van der Waals surface area contributed by atoms with Crippen LogP contribution in [0.25, 0.3) is 0 Å². The minimum atomic E-state index is 0.842. The van der Waals surface area contributed by atoms with Crippen LogP contribution >= 0.6 is 0 Å². The fourth-order valence-electron chi connectivity index (χ4n) is 2.48. The second kappa shape index (κ2) is 6.56. The lowest BCUT2D eigenvalue weighted by atomic mass is 10.0. The predicted molar refractivity (Wildman–Crippen MR) is 85.4 cm³/mol. The molecule has 0 saturated heterocycles. The van der Waals surface area contributed by atoms with Gasteiger partial charge in [-0.25, -0.2) is 4.98 Å². The lowest BCUT2D eigenvalue weighted by Gasteiger charge is -2.19. The summed E-state index contributed by atoms with van der Waals surface area (Å²) in [6.45, 7) is 4.35. The molecule has 105 valence electrons. The number of benzene rings is 1. The second-order valence-electron chi connectivity index (χ2n) is 5.42. The molecule has 0 aliphatic rings. The van der Waals surface area contributed by atoms with E-state index in [2.05, 4.69) is 63.2 Å². The molecule has 0 spiro atoms. The number of aromatic nitrogens is 1. The maximum Gasteiger partial charge on any atom is 0.131 e. The van der Waals surface area contributed by atoms with Crippen molar-refractivity contribution in [2.75, 3.05) is 19.0 Å². The molecule has 0 N–H and O–H groups in total. The second-order valence-corrected chi connectivity index (χ2v) is 5.42. The number of nitrogens with zero attached hydrogens (tertiary/aromatic N) is 2. The number of anilines is 1. The van der Waals surface area contributed by atoms with Crippen molar-refractivity contribution in [3.63, 3.8) is 0 Å². The maximum absolute atomic E-state index is 4.82.